The third kappa shape index (κ3) is 5.33. The van der Waals surface area contributed by atoms with E-state index in [2.05, 4.69) is 10.2 Å². The van der Waals surface area contributed by atoms with Crippen molar-refractivity contribution < 1.29 is 19.4 Å². The molecule has 6 heteroatoms. The van der Waals surface area contributed by atoms with Gasteiger partial charge in [-0.15, -0.1) is 0 Å². The molecule has 0 aliphatic rings. The van der Waals surface area contributed by atoms with Gasteiger partial charge in [0.15, 0.2) is 6.10 Å². The number of carboxylic acid groups (broad SMARTS) is 1. The van der Waals surface area contributed by atoms with E-state index in [1.54, 1.807) is 31.2 Å². The minimum absolute atomic E-state index is 0.127. The quantitative estimate of drug-likeness (QED) is 0.720. The minimum atomic E-state index is -1.23. The molecule has 2 unspecified atom stereocenters. The Bertz CT molecular complexity index is 803. The topological polar surface area (TPSA) is 81.7 Å². The predicted octanol–water partition coefficient (Wildman–Crippen LogP) is 2.86. The van der Waals surface area contributed by atoms with Crippen molar-refractivity contribution in [3.63, 3.8) is 0 Å². The van der Waals surface area contributed by atoms with Crippen LogP contribution < -0.4 is 15.2 Å². The third-order valence-corrected chi connectivity index (χ3v) is 4.77. The second kappa shape index (κ2) is 9.90. The molecule has 1 amide bonds. The van der Waals surface area contributed by atoms with Gasteiger partial charge in [-0.3, -0.25) is 9.69 Å². The molecule has 2 aromatic rings. The van der Waals surface area contributed by atoms with Gasteiger partial charge in [0.25, 0.3) is 5.91 Å². The fourth-order valence-corrected chi connectivity index (χ4v) is 3.14. The summed E-state index contributed by atoms with van der Waals surface area (Å²) < 4.78 is 5.64. The first-order chi connectivity index (χ1) is 13.4. The number of benzene rings is 2. The van der Waals surface area contributed by atoms with Crippen LogP contribution in [0.5, 0.6) is 5.75 Å². The summed E-state index contributed by atoms with van der Waals surface area (Å²) in [6, 6.07) is 13.7. The highest BCUT2D eigenvalue weighted by Crippen LogP contribution is 2.26. The number of carbonyl (C=O) groups is 2. The van der Waals surface area contributed by atoms with Gasteiger partial charge < -0.3 is 20.0 Å². The molecule has 1 N–H and O–H groups in total. The molecule has 2 atom stereocenters. The summed E-state index contributed by atoms with van der Waals surface area (Å²) in [6.07, 6.45) is -0.702. The summed E-state index contributed by atoms with van der Waals surface area (Å²) in [5, 5.41) is 14.3. The first kappa shape index (κ1) is 21.4. The molecule has 0 saturated carbocycles. The zero-order chi connectivity index (χ0) is 20.7. The van der Waals surface area contributed by atoms with Crippen LogP contribution in [0.2, 0.25) is 0 Å². The Morgan fingerprint density at radius 1 is 1.07 bits per heavy atom. The van der Waals surface area contributed by atoms with Gasteiger partial charge in [-0.25, -0.2) is 0 Å². The summed E-state index contributed by atoms with van der Waals surface area (Å²) in [7, 11) is 0. The van der Waals surface area contributed by atoms with Crippen molar-refractivity contribution in [2.45, 2.75) is 39.8 Å². The second-order valence-corrected chi connectivity index (χ2v) is 6.55. The van der Waals surface area contributed by atoms with Crippen molar-refractivity contribution in [1.82, 2.24) is 4.90 Å². The number of nitrogens with zero attached hydrogens (tertiary/aromatic N) is 1. The molecular formula is C22H27N2O4-. The maximum atomic E-state index is 12.5. The normalized spacial score (nSPS) is 13.0. The molecule has 0 fully saturated rings. The van der Waals surface area contributed by atoms with Crippen LogP contribution in [-0.2, 0) is 4.79 Å². The lowest BCUT2D eigenvalue weighted by Crippen LogP contribution is -2.32. The second-order valence-electron chi connectivity index (χ2n) is 6.55. The lowest BCUT2D eigenvalue weighted by atomic mass is 9.99. The molecule has 0 bridgehead atoms. The number of carbonyl (C=O) groups excluding carboxylic acids is 2. The van der Waals surface area contributed by atoms with Gasteiger partial charge in [-0.1, -0.05) is 38.1 Å². The molecule has 6 nitrogen and oxygen atoms in total. The number of nitrogens with one attached hydrogen (secondary N) is 1. The Kier molecular flexibility index (Phi) is 7.58. The molecule has 28 heavy (non-hydrogen) atoms. The molecule has 2 rings (SSSR count). The van der Waals surface area contributed by atoms with E-state index < -0.39 is 12.1 Å². The van der Waals surface area contributed by atoms with E-state index in [1.165, 1.54) is 6.07 Å². The summed E-state index contributed by atoms with van der Waals surface area (Å²) in [5.41, 5.74) is 1.26. The monoisotopic (exact) mass is 383 g/mol. The fourth-order valence-electron chi connectivity index (χ4n) is 3.14. The smallest absolute Gasteiger partial charge is 0.265 e. The van der Waals surface area contributed by atoms with Crippen LogP contribution in [0.25, 0.3) is 0 Å². The van der Waals surface area contributed by atoms with Crippen LogP contribution in [0.15, 0.2) is 48.5 Å². The molecular weight excluding hydrogens is 356 g/mol. The van der Waals surface area contributed by atoms with E-state index in [1.807, 2.05) is 39.0 Å². The number of amides is 1. The molecule has 150 valence electrons. The number of rotatable bonds is 9. The number of carboxylic acids is 1. The highest BCUT2D eigenvalue weighted by Gasteiger charge is 2.19. The van der Waals surface area contributed by atoms with Crippen LogP contribution in [0.1, 0.15) is 49.7 Å². The Morgan fingerprint density at radius 2 is 1.71 bits per heavy atom. The van der Waals surface area contributed by atoms with Gasteiger partial charge in [-0.05, 0) is 56.8 Å². The molecule has 0 aromatic heterocycles. The van der Waals surface area contributed by atoms with Crippen LogP contribution in [0.3, 0.4) is 0 Å². The largest absolute Gasteiger partial charge is 0.545 e. The summed E-state index contributed by atoms with van der Waals surface area (Å²) in [6.45, 7) is 9.21. The van der Waals surface area contributed by atoms with Gasteiger partial charge in [0.05, 0.1) is 5.97 Å². The lowest BCUT2D eigenvalue weighted by Gasteiger charge is -2.29. The van der Waals surface area contributed by atoms with Gasteiger partial charge in [0.1, 0.15) is 5.75 Å². The number of aromatic carboxylic acids is 1. The minimum Gasteiger partial charge on any atom is -0.545 e. The maximum Gasteiger partial charge on any atom is 0.265 e. The van der Waals surface area contributed by atoms with Crippen molar-refractivity contribution in [3.8, 4) is 5.75 Å². The van der Waals surface area contributed by atoms with Crippen molar-refractivity contribution in [2.75, 3.05) is 18.4 Å². The van der Waals surface area contributed by atoms with Crippen molar-refractivity contribution in [2.24, 2.45) is 0 Å². The van der Waals surface area contributed by atoms with Crippen molar-refractivity contribution >= 4 is 17.6 Å². The van der Waals surface area contributed by atoms with Crippen LogP contribution >= 0.6 is 0 Å². The van der Waals surface area contributed by atoms with Gasteiger partial charge in [0.2, 0.25) is 0 Å². The highest BCUT2D eigenvalue weighted by molar-refractivity contribution is 5.95. The average Bonchev–Trinajstić information content (AvgIpc) is 2.69. The van der Waals surface area contributed by atoms with E-state index in [4.69, 9.17) is 4.74 Å². The average molecular weight is 383 g/mol. The van der Waals surface area contributed by atoms with E-state index in [0.29, 0.717) is 17.0 Å². The number of hydrogen-bond acceptors (Lipinski definition) is 5. The highest BCUT2D eigenvalue weighted by atomic mass is 16.5. The third-order valence-electron chi connectivity index (χ3n) is 4.77. The van der Waals surface area contributed by atoms with E-state index in [9.17, 15) is 14.7 Å². The molecule has 0 aliphatic carbocycles. The molecule has 0 heterocycles. The Labute approximate surface area is 166 Å². The maximum absolute atomic E-state index is 12.5. The van der Waals surface area contributed by atoms with Crippen LogP contribution in [0.4, 0.5) is 5.69 Å². The molecule has 0 spiro atoms. The van der Waals surface area contributed by atoms with Crippen LogP contribution in [-0.4, -0.2) is 36.0 Å². The predicted molar refractivity (Wildman–Crippen MR) is 107 cm³/mol. The number of hydrogen-bond donors (Lipinski definition) is 1. The molecule has 0 saturated heterocycles. The molecule has 0 radical (unpaired) electrons. The van der Waals surface area contributed by atoms with Crippen LogP contribution in [0, 0.1) is 0 Å². The standard InChI is InChI=1S/C22H28N2O4/c1-5-24(6-2)15(3)20-14-17(12-13-19(20)22(26)27)23-21(25)16(4)28-18-10-8-7-9-11-18/h7-16H,5-6H2,1-4H3,(H,23,25)(H,26,27)/p-1. The molecule has 0 aliphatic heterocycles. The van der Waals surface area contributed by atoms with E-state index in [0.717, 1.165) is 13.1 Å². The summed E-state index contributed by atoms with van der Waals surface area (Å²) in [5.74, 6) is -0.938. The van der Waals surface area contributed by atoms with Crippen molar-refractivity contribution in [3.05, 3.63) is 59.7 Å². The summed E-state index contributed by atoms with van der Waals surface area (Å²) >= 11 is 0. The number of para-hydroxylation sites is 1. The van der Waals surface area contributed by atoms with Crippen molar-refractivity contribution in [1.29, 1.82) is 0 Å². The first-order valence-electron chi connectivity index (χ1n) is 9.49. The van der Waals surface area contributed by atoms with Gasteiger partial charge >= 0.3 is 0 Å². The van der Waals surface area contributed by atoms with Gasteiger partial charge in [-0.2, -0.15) is 0 Å². The number of ether oxygens (including phenoxy) is 1. The fraction of sp³-hybridized carbons (Fsp3) is 0.364. The SMILES string of the molecule is CCN(CC)C(C)c1cc(NC(=O)C(C)Oc2ccccc2)ccc1C(=O)[O-]. The Hall–Kier alpha value is -2.86. The Balaban J connectivity index is 2.20. The molecule has 2 aromatic carbocycles. The Morgan fingerprint density at radius 3 is 2.29 bits per heavy atom. The zero-order valence-electron chi connectivity index (χ0n) is 16.8. The van der Waals surface area contributed by atoms with E-state index >= 15 is 0 Å². The lowest BCUT2D eigenvalue weighted by molar-refractivity contribution is -0.255. The summed E-state index contributed by atoms with van der Waals surface area (Å²) in [4.78, 5) is 26.2. The van der Waals surface area contributed by atoms with E-state index in [-0.39, 0.29) is 17.5 Å². The first-order valence-corrected chi connectivity index (χ1v) is 9.49. The van der Waals surface area contributed by atoms with Gasteiger partial charge in [0, 0.05) is 17.3 Å². The zero-order valence-corrected chi connectivity index (χ0v) is 16.8. The number of anilines is 1.